The Kier molecular flexibility index (Phi) is 6.95. The highest BCUT2D eigenvalue weighted by atomic mass is 19.1. The third-order valence-corrected chi connectivity index (χ3v) is 6.69. The highest BCUT2D eigenvalue weighted by molar-refractivity contribution is 5.87. The first-order chi connectivity index (χ1) is 17.4. The summed E-state index contributed by atoms with van der Waals surface area (Å²) in [6.07, 6.45) is 5.91. The van der Waals surface area contributed by atoms with Gasteiger partial charge in [0, 0.05) is 56.0 Å². The molecule has 4 heterocycles. The molecule has 3 aromatic heterocycles. The van der Waals surface area contributed by atoms with Gasteiger partial charge in [-0.05, 0) is 44.9 Å². The van der Waals surface area contributed by atoms with Gasteiger partial charge in [-0.2, -0.15) is 5.10 Å². The van der Waals surface area contributed by atoms with Gasteiger partial charge in [0.05, 0.1) is 17.4 Å². The molecule has 0 atom stereocenters. The third-order valence-electron chi connectivity index (χ3n) is 6.69. The summed E-state index contributed by atoms with van der Waals surface area (Å²) >= 11 is 0. The number of fused-ring (bicyclic) bond motifs is 1. The molecule has 1 saturated carbocycles. The molecule has 188 valence electrons. The Hall–Kier alpha value is -3.40. The van der Waals surface area contributed by atoms with Crippen molar-refractivity contribution in [1.29, 1.82) is 0 Å². The first-order valence-electron chi connectivity index (χ1n) is 12.1. The molecule has 7 nitrogen and oxygen atoms in total. The van der Waals surface area contributed by atoms with Crippen molar-refractivity contribution in [1.82, 2.24) is 29.7 Å². The summed E-state index contributed by atoms with van der Waals surface area (Å²) in [6.45, 7) is 4.98. The minimum absolute atomic E-state index is 0.124. The number of ether oxygens (including phenoxy) is 1. The summed E-state index contributed by atoms with van der Waals surface area (Å²) in [5.41, 5.74) is 2.90. The third kappa shape index (κ3) is 5.09. The van der Waals surface area contributed by atoms with Crippen LogP contribution in [0.1, 0.15) is 54.9 Å². The number of benzene rings is 1. The fraction of sp³-hybridized carbons (Fsp3) is 0.423. The molecule has 0 spiro atoms. The average Bonchev–Trinajstić information content (AvgIpc) is 3.38. The first-order valence-corrected chi connectivity index (χ1v) is 12.1. The maximum absolute atomic E-state index is 14.4. The van der Waals surface area contributed by atoms with E-state index in [9.17, 15) is 13.2 Å². The molecule has 6 rings (SSSR count). The molecular weight excluding hydrogens is 469 g/mol. The Morgan fingerprint density at radius 1 is 0.972 bits per heavy atom. The van der Waals surface area contributed by atoms with Gasteiger partial charge in [0.2, 0.25) is 0 Å². The highest BCUT2D eigenvalue weighted by Crippen LogP contribution is 2.34. The van der Waals surface area contributed by atoms with E-state index in [1.807, 2.05) is 30.8 Å². The van der Waals surface area contributed by atoms with Crippen molar-refractivity contribution < 1.29 is 17.9 Å². The molecule has 0 amide bonds. The topological polar surface area (TPSA) is 78.6 Å². The van der Waals surface area contributed by atoms with Gasteiger partial charge in [-0.1, -0.05) is 0 Å². The summed E-state index contributed by atoms with van der Waals surface area (Å²) in [6, 6.07) is 5.65. The minimum Gasteiger partial charge on any atom is -0.381 e. The number of hydrogen-bond donors (Lipinski definition) is 0. The predicted molar refractivity (Wildman–Crippen MR) is 128 cm³/mol. The van der Waals surface area contributed by atoms with E-state index in [1.165, 1.54) is 12.1 Å². The van der Waals surface area contributed by atoms with Crippen molar-refractivity contribution in [3.8, 4) is 11.3 Å². The molecule has 0 unspecified atom stereocenters. The molecule has 1 aliphatic carbocycles. The lowest BCUT2D eigenvalue weighted by molar-refractivity contribution is 0.0836. The SMILES string of the molecule is Cc1nc2nc(C3CCOCC3)nc(-c3ccc(F)cc3F)c2nc1C.FC1CC(n2cccn2)C1. The molecule has 2 aliphatic rings. The van der Waals surface area contributed by atoms with Crippen LogP contribution in [0.2, 0.25) is 0 Å². The molecule has 10 heteroatoms. The van der Waals surface area contributed by atoms with Crippen LogP contribution < -0.4 is 0 Å². The van der Waals surface area contributed by atoms with Crippen molar-refractivity contribution >= 4 is 11.2 Å². The van der Waals surface area contributed by atoms with Crippen LogP contribution in [0.5, 0.6) is 0 Å². The lowest BCUT2D eigenvalue weighted by Crippen LogP contribution is -2.27. The van der Waals surface area contributed by atoms with Gasteiger partial charge in [-0.15, -0.1) is 0 Å². The van der Waals surface area contributed by atoms with Crippen molar-refractivity contribution in [2.45, 2.75) is 57.7 Å². The minimum atomic E-state index is -0.678. The van der Waals surface area contributed by atoms with Crippen molar-refractivity contribution in [2.24, 2.45) is 0 Å². The van der Waals surface area contributed by atoms with Crippen molar-refractivity contribution in [3.63, 3.8) is 0 Å². The Morgan fingerprint density at radius 2 is 1.72 bits per heavy atom. The maximum Gasteiger partial charge on any atom is 0.182 e. The Bertz CT molecular complexity index is 1350. The molecule has 1 aliphatic heterocycles. The number of aromatic nitrogens is 6. The molecular formula is C26H27F3N6O. The van der Waals surface area contributed by atoms with E-state index >= 15 is 0 Å². The molecule has 0 bridgehead atoms. The summed E-state index contributed by atoms with van der Waals surface area (Å²) in [5, 5.41) is 4.02. The molecule has 4 aromatic rings. The van der Waals surface area contributed by atoms with E-state index in [0.29, 0.717) is 54.8 Å². The second-order valence-corrected chi connectivity index (χ2v) is 9.22. The van der Waals surface area contributed by atoms with E-state index in [2.05, 4.69) is 25.0 Å². The van der Waals surface area contributed by atoms with Gasteiger partial charge in [0.15, 0.2) is 5.65 Å². The van der Waals surface area contributed by atoms with E-state index < -0.39 is 17.8 Å². The Morgan fingerprint density at radius 3 is 2.39 bits per heavy atom. The van der Waals surface area contributed by atoms with Crippen LogP contribution in [0, 0.1) is 25.5 Å². The summed E-state index contributed by atoms with van der Waals surface area (Å²) in [5.74, 6) is -0.578. The van der Waals surface area contributed by atoms with Crippen LogP contribution in [0.25, 0.3) is 22.4 Å². The van der Waals surface area contributed by atoms with E-state index in [1.54, 1.807) is 6.20 Å². The number of alkyl halides is 1. The summed E-state index contributed by atoms with van der Waals surface area (Å²) in [4.78, 5) is 18.3. The Balaban J connectivity index is 0.000000222. The maximum atomic E-state index is 14.4. The number of nitrogens with zero attached hydrogens (tertiary/aromatic N) is 6. The highest BCUT2D eigenvalue weighted by Gasteiger charge is 2.30. The number of aryl methyl sites for hydroxylation is 2. The molecule has 0 radical (unpaired) electrons. The largest absolute Gasteiger partial charge is 0.381 e. The second kappa shape index (κ2) is 10.3. The van der Waals surface area contributed by atoms with Gasteiger partial charge in [-0.3, -0.25) is 4.68 Å². The van der Waals surface area contributed by atoms with Gasteiger partial charge in [-0.25, -0.2) is 33.1 Å². The van der Waals surface area contributed by atoms with Crippen LogP contribution in [-0.2, 0) is 4.74 Å². The standard InChI is InChI=1S/C19H18F2N4O.C7H9FN2/c1-10-11(2)23-19-17(22-10)16(14-4-3-13(20)9-15(14)21)24-18(25-19)12-5-7-26-8-6-12;8-6-4-7(5-6)10-3-1-2-9-10/h3-4,9,12H,5-8H2,1-2H3;1-3,6-7H,4-5H2. The van der Waals surface area contributed by atoms with Gasteiger partial charge in [0.25, 0.3) is 0 Å². The van der Waals surface area contributed by atoms with Gasteiger partial charge in [0.1, 0.15) is 34.8 Å². The van der Waals surface area contributed by atoms with E-state index in [-0.39, 0.29) is 11.5 Å². The monoisotopic (exact) mass is 496 g/mol. The Labute approximate surface area is 206 Å². The second-order valence-electron chi connectivity index (χ2n) is 9.22. The molecule has 0 N–H and O–H groups in total. The summed E-state index contributed by atoms with van der Waals surface area (Å²) < 4.78 is 47.4. The number of hydrogen-bond acceptors (Lipinski definition) is 6. The normalized spacial score (nSPS) is 20.0. The van der Waals surface area contributed by atoms with Crippen molar-refractivity contribution in [3.05, 3.63) is 65.5 Å². The zero-order chi connectivity index (χ0) is 25.2. The molecule has 36 heavy (non-hydrogen) atoms. The first kappa shape index (κ1) is 24.3. The van der Waals surface area contributed by atoms with Crippen molar-refractivity contribution in [2.75, 3.05) is 13.2 Å². The molecule has 1 saturated heterocycles. The van der Waals surface area contributed by atoms with E-state index in [0.717, 1.165) is 30.3 Å². The lowest BCUT2D eigenvalue weighted by Gasteiger charge is -2.29. The smallest absolute Gasteiger partial charge is 0.182 e. The predicted octanol–water partition coefficient (Wildman–Crippen LogP) is 5.43. The van der Waals surface area contributed by atoms with Gasteiger partial charge < -0.3 is 4.74 Å². The average molecular weight is 497 g/mol. The van der Waals surface area contributed by atoms with E-state index in [4.69, 9.17) is 4.74 Å². The zero-order valence-corrected chi connectivity index (χ0v) is 20.2. The lowest BCUT2D eigenvalue weighted by atomic mass is 9.91. The van der Waals surface area contributed by atoms with Crippen LogP contribution in [0.3, 0.4) is 0 Å². The fourth-order valence-corrected chi connectivity index (χ4v) is 4.37. The van der Waals surface area contributed by atoms with Gasteiger partial charge >= 0.3 is 0 Å². The molecule has 2 fully saturated rings. The van der Waals surface area contributed by atoms with Crippen LogP contribution in [0.4, 0.5) is 13.2 Å². The van der Waals surface area contributed by atoms with Crippen LogP contribution in [0.15, 0.2) is 36.7 Å². The van der Waals surface area contributed by atoms with Crippen LogP contribution >= 0.6 is 0 Å². The quantitative estimate of drug-likeness (QED) is 0.376. The fourth-order valence-electron chi connectivity index (χ4n) is 4.37. The molecule has 1 aromatic carbocycles. The zero-order valence-electron chi connectivity index (χ0n) is 20.2. The number of rotatable bonds is 3. The van der Waals surface area contributed by atoms with Crippen LogP contribution in [-0.4, -0.2) is 49.1 Å². The number of halogens is 3. The summed E-state index contributed by atoms with van der Waals surface area (Å²) in [7, 11) is 0.